The predicted molar refractivity (Wildman–Crippen MR) is 71.2 cm³/mol. The fourth-order valence-corrected chi connectivity index (χ4v) is 1.75. The number of aliphatic carboxylic acids is 1. The van der Waals surface area contributed by atoms with Crippen molar-refractivity contribution in [3.8, 4) is 12.3 Å². The molecule has 0 saturated heterocycles. The highest BCUT2D eigenvalue weighted by Gasteiger charge is 2.20. The van der Waals surface area contributed by atoms with Gasteiger partial charge in [0, 0.05) is 16.5 Å². The second-order valence-corrected chi connectivity index (χ2v) is 4.65. The summed E-state index contributed by atoms with van der Waals surface area (Å²) in [7, 11) is 0. The first kappa shape index (κ1) is 14.3. The Kier molecular flexibility index (Phi) is 4.93. The molecule has 5 heteroatoms. The molecule has 1 aromatic carbocycles. The lowest BCUT2D eigenvalue weighted by atomic mass is 10.1. The van der Waals surface area contributed by atoms with Crippen LogP contribution >= 0.6 is 15.9 Å². The molecule has 1 unspecified atom stereocenters. The van der Waals surface area contributed by atoms with Crippen molar-refractivity contribution in [3.05, 3.63) is 33.8 Å². The molecule has 0 aromatic heterocycles. The highest BCUT2D eigenvalue weighted by molar-refractivity contribution is 9.10. The fourth-order valence-electron chi connectivity index (χ4n) is 1.39. The third-order valence-corrected chi connectivity index (χ3v) is 2.86. The number of rotatable bonds is 4. The van der Waals surface area contributed by atoms with Crippen LogP contribution in [0.15, 0.2) is 22.7 Å². The maximum absolute atomic E-state index is 11.9. The number of hydrogen-bond acceptors (Lipinski definition) is 2. The summed E-state index contributed by atoms with van der Waals surface area (Å²) >= 11 is 3.26. The zero-order valence-electron chi connectivity index (χ0n) is 9.74. The molecule has 1 rings (SSSR count). The van der Waals surface area contributed by atoms with E-state index >= 15 is 0 Å². The van der Waals surface area contributed by atoms with Crippen LogP contribution in [-0.4, -0.2) is 23.0 Å². The lowest BCUT2D eigenvalue weighted by molar-refractivity contribution is -0.139. The lowest BCUT2D eigenvalue weighted by Crippen LogP contribution is -2.40. The molecule has 0 spiro atoms. The second-order valence-electron chi connectivity index (χ2n) is 3.73. The van der Waals surface area contributed by atoms with Crippen molar-refractivity contribution in [3.63, 3.8) is 0 Å². The highest BCUT2D eigenvalue weighted by atomic mass is 79.9. The molecule has 1 aromatic rings. The van der Waals surface area contributed by atoms with Crippen molar-refractivity contribution in [2.24, 2.45) is 0 Å². The van der Waals surface area contributed by atoms with Gasteiger partial charge in [-0.25, -0.2) is 4.79 Å². The number of benzene rings is 1. The van der Waals surface area contributed by atoms with Gasteiger partial charge in [0.2, 0.25) is 0 Å². The molecule has 0 saturated carbocycles. The van der Waals surface area contributed by atoms with Gasteiger partial charge in [-0.1, -0.05) is 22.0 Å². The minimum absolute atomic E-state index is 0.0475. The first-order valence-electron chi connectivity index (χ1n) is 5.19. The molecule has 0 aliphatic heterocycles. The van der Waals surface area contributed by atoms with Crippen LogP contribution in [0, 0.1) is 19.3 Å². The predicted octanol–water partition coefficient (Wildman–Crippen LogP) is 1.96. The third-order valence-electron chi connectivity index (χ3n) is 2.37. The van der Waals surface area contributed by atoms with Crippen LogP contribution in [0.4, 0.5) is 0 Å². The average molecular weight is 310 g/mol. The molecule has 1 atom stereocenters. The first-order valence-corrected chi connectivity index (χ1v) is 5.98. The minimum atomic E-state index is -1.14. The Hall–Kier alpha value is -1.80. The first-order chi connectivity index (χ1) is 8.45. The molecule has 2 N–H and O–H groups in total. The van der Waals surface area contributed by atoms with Crippen molar-refractivity contribution in [1.29, 1.82) is 0 Å². The van der Waals surface area contributed by atoms with Gasteiger partial charge in [0.15, 0.2) is 0 Å². The Bertz CT molecular complexity index is 519. The number of aryl methyl sites for hydroxylation is 1. The van der Waals surface area contributed by atoms with Crippen molar-refractivity contribution in [2.45, 2.75) is 19.4 Å². The number of terminal acetylenes is 1. The molecular formula is C13H12BrNO3. The van der Waals surface area contributed by atoms with E-state index in [1.807, 2.05) is 6.07 Å². The largest absolute Gasteiger partial charge is 0.480 e. The second kappa shape index (κ2) is 6.22. The van der Waals surface area contributed by atoms with E-state index in [0.717, 1.165) is 10.0 Å². The minimum Gasteiger partial charge on any atom is -0.480 e. The van der Waals surface area contributed by atoms with Crippen LogP contribution in [0.2, 0.25) is 0 Å². The van der Waals surface area contributed by atoms with Crippen molar-refractivity contribution < 1.29 is 14.7 Å². The zero-order valence-corrected chi connectivity index (χ0v) is 11.3. The lowest BCUT2D eigenvalue weighted by Gasteiger charge is -2.13. The number of carbonyl (C=O) groups is 2. The van der Waals surface area contributed by atoms with Crippen LogP contribution in [0.1, 0.15) is 22.3 Å². The molecule has 0 radical (unpaired) electrons. The van der Waals surface area contributed by atoms with E-state index in [-0.39, 0.29) is 6.42 Å². The number of halogens is 1. The van der Waals surface area contributed by atoms with Crippen LogP contribution in [0.25, 0.3) is 0 Å². The maximum atomic E-state index is 11.9. The Morgan fingerprint density at radius 2 is 2.22 bits per heavy atom. The van der Waals surface area contributed by atoms with Gasteiger partial charge >= 0.3 is 5.97 Å². The summed E-state index contributed by atoms with van der Waals surface area (Å²) in [6.07, 6.45) is 5.02. The molecule has 94 valence electrons. The van der Waals surface area contributed by atoms with Gasteiger partial charge in [-0.3, -0.25) is 4.79 Å². The highest BCUT2D eigenvalue weighted by Crippen LogP contribution is 2.16. The standard InChI is InChI=1S/C13H12BrNO3/c1-3-4-11(13(17)18)15-12(16)10-7-9(14)6-5-8(10)2/h1,5-7,11H,4H2,2H3,(H,15,16)(H,17,18). The van der Waals surface area contributed by atoms with E-state index in [2.05, 4.69) is 27.2 Å². The van der Waals surface area contributed by atoms with Gasteiger partial charge in [0.05, 0.1) is 0 Å². The summed E-state index contributed by atoms with van der Waals surface area (Å²) in [6, 6.07) is 4.15. The SMILES string of the molecule is C#CCC(NC(=O)c1cc(Br)ccc1C)C(=O)O. The topological polar surface area (TPSA) is 66.4 Å². The maximum Gasteiger partial charge on any atom is 0.327 e. The van der Waals surface area contributed by atoms with Gasteiger partial charge in [-0.15, -0.1) is 12.3 Å². The quantitative estimate of drug-likeness (QED) is 0.836. The van der Waals surface area contributed by atoms with Gasteiger partial charge in [-0.2, -0.15) is 0 Å². The van der Waals surface area contributed by atoms with Crippen molar-refractivity contribution in [2.75, 3.05) is 0 Å². The number of carbonyl (C=O) groups excluding carboxylic acids is 1. The summed E-state index contributed by atoms with van der Waals surface area (Å²) in [4.78, 5) is 22.8. The van der Waals surface area contributed by atoms with Crippen LogP contribution in [0.3, 0.4) is 0 Å². The van der Waals surface area contributed by atoms with E-state index in [1.165, 1.54) is 0 Å². The average Bonchev–Trinajstić information content (AvgIpc) is 2.31. The molecule has 0 aliphatic carbocycles. The molecule has 18 heavy (non-hydrogen) atoms. The number of carboxylic acids is 1. The van der Waals surface area contributed by atoms with Gasteiger partial charge in [-0.05, 0) is 24.6 Å². The Morgan fingerprint density at radius 3 is 2.78 bits per heavy atom. The van der Waals surface area contributed by atoms with Crippen LogP contribution in [-0.2, 0) is 4.79 Å². The van der Waals surface area contributed by atoms with Gasteiger partial charge in [0.1, 0.15) is 6.04 Å². The Morgan fingerprint density at radius 1 is 1.56 bits per heavy atom. The summed E-state index contributed by atoms with van der Waals surface area (Å²) in [5.41, 5.74) is 1.19. The number of amides is 1. The van der Waals surface area contributed by atoms with Crippen molar-refractivity contribution >= 4 is 27.8 Å². The third kappa shape index (κ3) is 3.60. The number of carboxylic acid groups (broad SMARTS) is 1. The molecule has 0 bridgehead atoms. The van der Waals surface area contributed by atoms with Gasteiger partial charge < -0.3 is 10.4 Å². The summed E-state index contributed by atoms with van der Waals surface area (Å²) < 4.78 is 0.752. The number of nitrogens with one attached hydrogen (secondary N) is 1. The molecule has 0 heterocycles. The summed E-state index contributed by atoms with van der Waals surface area (Å²) in [6.45, 7) is 1.78. The Labute approximate surface area is 114 Å². The smallest absolute Gasteiger partial charge is 0.327 e. The van der Waals surface area contributed by atoms with Gasteiger partial charge in [0.25, 0.3) is 5.91 Å². The normalized spacial score (nSPS) is 11.4. The fraction of sp³-hybridized carbons (Fsp3) is 0.231. The monoisotopic (exact) mass is 309 g/mol. The molecule has 1 amide bonds. The van der Waals surface area contributed by atoms with Crippen LogP contribution < -0.4 is 5.32 Å². The molecule has 4 nitrogen and oxygen atoms in total. The van der Waals surface area contributed by atoms with E-state index in [1.54, 1.807) is 19.1 Å². The number of hydrogen-bond donors (Lipinski definition) is 2. The molecule has 0 fully saturated rings. The molecule has 0 aliphatic rings. The van der Waals surface area contributed by atoms with E-state index in [0.29, 0.717) is 5.56 Å². The van der Waals surface area contributed by atoms with Crippen LogP contribution in [0.5, 0.6) is 0 Å². The molecular weight excluding hydrogens is 298 g/mol. The van der Waals surface area contributed by atoms with E-state index < -0.39 is 17.9 Å². The van der Waals surface area contributed by atoms with E-state index in [9.17, 15) is 9.59 Å². The zero-order chi connectivity index (χ0) is 13.7. The summed E-state index contributed by atoms with van der Waals surface area (Å²) in [5, 5.41) is 11.3. The van der Waals surface area contributed by atoms with E-state index in [4.69, 9.17) is 11.5 Å². The van der Waals surface area contributed by atoms with Crippen molar-refractivity contribution in [1.82, 2.24) is 5.32 Å². The summed E-state index contributed by atoms with van der Waals surface area (Å²) in [5.74, 6) is 0.635. The Balaban J connectivity index is 2.91.